The van der Waals surface area contributed by atoms with Gasteiger partial charge >= 0.3 is 0 Å². The van der Waals surface area contributed by atoms with Gasteiger partial charge in [0.25, 0.3) is 0 Å². The molecule has 0 saturated heterocycles. The molecule has 0 atom stereocenters. The lowest BCUT2D eigenvalue weighted by Crippen LogP contribution is -2.06. The van der Waals surface area contributed by atoms with E-state index in [1.54, 1.807) is 6.08 Å². The van der Waals surface area contributed by atoms with E-state index in [2.05, 4.69) is 19.9 Å². The molecular weight excluding hydrogens is 122 g/mol. The number of rotatable bonds is 0. The van der Waals surface area contributed by atoms with Gasteiger partial charge in [-0.15, -0.1) is 0 Å². The van der Waals surface area contributed by atoms with Crippen LogP contribution in [0.15, 0.2) is 11.6 Å². The summed E-state index contributed by atoms with van der Waals surface area (Å²) in [6.45, 7) is 4.42. The molecule has 54 valence electrons. The first-order valence-electron chi connectivity index (χ1n) is 3.76. The zero-order valence-electron chi connectivity index (χ0n) is 6.65. The molecule has 0 spiro atoms. The van der Waals surface area contributed by atoms with Gasteiger partial charge < -0.3 is 0 Å². The third-order valence-electron chi connectivity index (χ3n) is 2.36. The summed E-state index contributed by atoms with van der Waals surface area (Å²) in [5, 5.41) is 8.43. The second-order valence-electron chi connectivity index (χ2n) is 3.54. The molecule has 0 aliphatic heterocycles. The molecule has 0 bridgehead atoms. The molecular formula is C9H13N. The molecule has 10 heavy (non-hydrogen) atoms. The standard InChI is InChI=1S/C9H13N/c1-9(2)6-3-4-8(9)5-7-10/h5H,3-4,6H2,1-2H3/b8-5+. The summed E-state index contributed by atoms with van der Waals surface area (Å²) in [6, 6.07) is 2.10. The number of hydrogen-bond donors (Lipinski definition) is 0. The summed E-state index contributed by atoms with van der Waals surface area (Å²) in [7, 11) is 0. The van der Waals surface area contributed by atoms with Crippen molar-refractivity contribution < 1.29 is 0 Å². The van der Waals surface area contributed by atoms with Crippen molar-refractivity contribution in [1.29, 1.82) is 5.26 Å². The first kappa shape index (κ1) is 7.34. The molecule has 1 fully saturated rings. The molecule has 1 heteroatoms. The number of allylic oxidation sites excluding steroid dienone is 2. The molecule has 1 aliphatic carbocycles. The first-order valence-corrected chi connectivity index (χ1v) is 3.76. The van der Waals surface area contributed by atoms with Crippen LogP contribution < -0.4 is 0 Å². The Morgan fingerprint density at radius 2 is 2.30 bits per heavy atom. The predicted molar refractivity (Wildman–Crippen MR) is 41.3 cm³/mol. The summed E-state index contributed by atoms with van der Waals surface area (Å²) in [4.78, 5) is 0. The Balaban J connectivity index is 2.80. The maximum absolute atomic E-state index is 8.43. The molecule has 0 heterocycles. The van der Waals surface area contributed by atoms with Crippen molar-refractivity contribution >= 4 is 0 Å². The maximum Gasteiger partial charge on any atom is 0.0911 e. The lowest BCUT2D eigenvalue weighted by atomic mass is 9.87. The lowest BCUT2D eigenvalue weighted by molar-refractivity contribution is 0.462. The minimum absolute atomic E-state index is 0.301. The summed E-state index contributed by atoms with van der Waals surface area (Å²) in [5.41, 5.74) is 1.63. The first-order chi connectivity index (χ1) is 4.67. The highest BCUT2D eigenvalue weighted by Gasteiger charge is 2.27. The van der Waals surface area contributed by atoms with Crippen LogP contribution in [-0.2, 0) is 0 Å². The van der Waals surface area contributed by atoms with Crippen molar-refractivity contribution in [1.82, 2.24) is 0 Å². The molecule has 1 nitrogen and oxygen atoms in total. The second-order valence-corrected chi connectivity index (χ2v) is 3.54. The van der Waals surface area contributed by atoms with Crippen molar-refractivity contribution in [3.63, 3.8) is 0 Å². The summed E-state index contributed by atoms with van der Waals surface area (Å²) in [5.74, 6) is 0. The van der Waals surface area contributed by atoms with Crippen molar-refractivity contribution in [2.75, 3.05) is 0 Å². The zero-order valence-corrected chi connectivity index (χ0v) is 6.65. The summed E-state index contributed by atoms with van der Waals surface area (Å²) in [6.07, 6.45) is 5.33. The average Bonchev–Trinajstić information content (AvgIpc) is 2.13. The molecule has 0 aromatic rings. The maximum atomic E-state index is 8.43. The van der Waals surface area contributed by atoms with Gasteiger partial charge in [-0.25, -0.2) is 0 Å². The molecule has 0 radical (unpaired) electrons. The third-order valence-corrected chi connectivity index (χ3v) is 2.36. The van der Waals surface area contributed by atoms with E-state index in [-0.39, 0.29) is 0 Å². The normalized spacial score (nSPS) is 26.7. The Hall–Kier alpha value is -0.770. The largest absolute Gasteiger partial charge is 0.193 e. The monoisotopic (exact) mass is 135 g/mol. The van der Waals surface area contributed by atoms with Crippen molar-refractivity contribution in [3.05, 3.63) is 11.6 Å². The molecule has 1 rings (SSSR count). The minimum Gasteiger partial charge on any atom is -0.193 e. The molecule has 0 unspecified atom stereocenters. The smallest absolute Gasteiger partial charge is 0.0911 e. The van der Waals surface area contributed by atoms with Gasteiger partial charge in [-0.1, -0.05) is 19.4 Å². The Bertz CT molecular complexity index is 193. The van der Waals surface area contributed by atoms with E-state index in [0.717, 1.165) is 6.42 Å². The Morgan fingerprint density at radius 1 is 1.60 bits per heavy atom. The summed E-state index contributed by atoms with van der Waals surface area (Å²) >= 11 is 0. The highest BCUT2D eigenvalue weighted by Crippen LogP contribution is 2.41. The van der Waals surface area contributed by atoms with Crippen LogP contribution in [0.4, 0.5) is 0 Å². The van der Waals surface area contributed by atoms with E-state index in [0.29, 0.717) is 5.41 Å². The van der Waals surface area contributed by atoms with Gasteiger partial charge in [-0.2, -0.15) is 5.26 Å². The van der Waals surface area contributed by atoms with E-state index in [9.17, 15) is 0 Å². The van der Waals surface area contributed by atoms with Gasteiger partial charge in [-0.3, -0.25) is 0 Å². The van der Waals surface area contributed by atoms with Crippen LogP contribution in [-0.4, -0.2) is 0 Å². The highest BCUT2D eigenvalue weighted by molar-refractivity contribution is 5.22. The number of hydrogen-bond acceptors (Lipinski definition) is 1. The van der Waals surface area contributed by atoms with E-state index in [4.69, 9.17) is 5.26 Å². The van der Waals surface area contributed by atoms with Crippen LogP contribution in [0.5, 0.6) is 0 Å². The van der Waals surface area contributed by atoms with E-state index >= 15 is 0 Å². The van der Waals surface area contributed by atoms with Gasteiger partial charge in [0, 0.05) is 6.08 Å². The molecule has 0 aromatic carbocycles. The van der Waals surface area contributed by atoms with Crippen molar-refractivity contribution in [2.45, 2.75) is 33.1 Å². The lowest BCUT2D eigenvalue weighted by Gasteiger charge is -2.17. The van der Waals surface area contributed by atoms with Crippen LogP contribution in [0.2, 0.25) is 0 Å². The van der Waals surface area contributed by atoms with Gasteiger partial charge in [0.2, 0.25) is 0 Å². The van der Waals surface area contributed by atoms with Crippen molar-refractivity contribution in [2.24, 2.45) is 5.41 Å². The molecule has 1 saturated carbocycles. The Morgan fingerprint density at radius 3 is 2.70 bits per heavy atom. The van der Waals surface area contributed by atoms with E-state index in [1.807, 2.05) is 0 Å². The van der Waals surface area contributed by atoms with Crippen molar-refractivity contribution in [3.8, 4) is 6.07 Å². The third kappa shape index (κ3) is 1.21. The topological polar surface area (TPSA) is 23.8 Å². The van der Waals surface area contributed by atoms with Crippen LogP contribution in [0, 0.1) is 16.7 Å². The molecule has 1 aliphatic rings. The molecule has 0 aromatic heterocycles. The van der Waals surface area contributed by atoms with Gasteiger partial charge in [0.15, 0.2) is 0 Å². The van der Waals surface area contributed by atoms with Gasteiger partial charge in [0.1, 0.15) is 0 Å². The van der Waals surface area contributed by atoms with Gasteiger partial charge in [0.05, 0.1) is 6.07 Å². The zero-order chi connectivity index (χ0) is 7.61. The average molecular weight is 135 g/mol. The number of nitrogens with zero attached hydrogens (tertiary/aromatic N) is 1. The Labute approximate surface area is 62.4 Å². The highest BCUT2D eigenvalue weighted by atomic mass is 14.3. The van der Waals surface area contributed by atoms with E-state index in [1.165, 1.54) is 18.4 Å². The fourth-order valence-electron chi connectivity index (χ4n) is 1.57. The van der Waals surface area contributed by atoms with Crippen LogP contribution in [0.25, 0.3) is 0 Å². The molecule has 0 N–H and O–H groups in total. The van der Waals surface area contributed by atoms with Crippen LogP contribution in [0.3, 0.4) is 0 Å². The second kappa shape index (κ2) is 2.46. The predicted octanol–water partition coefficient (Wildman–Crippen LogP) is 2.65. The molecule has 0 amide bonds. The number of nitriles is 1. The fraction of sp³-hybridized carbons (Fsp3) is 0.667. The quantitative estimate of drug-likeness (QED) is 0.468. The van der Waals surface area contributed by atoms with Gasteiger partial charge in [-0.05, 0) is 24.7 Å². The fourth-order valence-corrected chi connectivity index (χ4v) is 1.57. The van der Waals surface area contributed by atoms with E-state index < -0.39 is 0 Å². The van der Waals surface area contributed by atoms with Crippen LogP contribution >= 0.6 is 0 Å². The van der Waals surface area contributed by atoms with Crippen LogP contribution in [0.1, 0.15) is 33.1 Å². The summed E-state index contributed by atoms with van der Waals surface area (Å²) < 4.78 is 0. The SMILES string of the molecule is CC1(C)CCC/C1=C\C#N. The minimum atomic E-state index is 0.301. The Kier molecular flexibility index (Phi) is 1.80.